The van der Waals surface area contributed by atoms with Gasteiger partial charge in [-0.15, -0.1) is 0 Å². The van der Waals surface area contributed by atoms with E-state index in [0.717, 1.165) is 33.4 Å². The highest BCUT2D eigenvalue weighted by atomic mass is 16.5. The van der Waals surface area contributed by atoms with Crippen molar-refractivity contribution < 1.29 is 14.1 Å². The predicted octanol–water partition coefficient (Wildman–Crippen LogP) is 2.92. The van der Waals surface area contributed by atoms with E-state index in [-0.39, 0.29) is 23.2 Å². The van der Waals surface area contributed by atoms with Crippen LogP contribution in [-0.2, 0) is 16.0 Å². The lowest BCUT2D eigenvalue weighted by Gasteiger charge is -2.15. The van der Waals surface area contributed by atoms with E-state index >= 15 is 0 Å². The molecule has 10 nitrogen and oxygen atoms in total. The van der Waals surface area contributed by atoms with E-state index in [1.807, 2.05) is 24.3 Å². The first-order chi connectivity index (χ1) is 17.2. The Bertz CT molecular complexity index is 1650. The molecular formula is C26H22N6O4. The van der Waals surface area contributed by atoms with Gasteiger partial charge in [0.1, 0.15) is 12.0 Å². The van der Waals surface area contributed by atoms with Gasteiger partial charge in [0.05, 0.1) is 16.6 Å². The number of rotatable bonds is 5. The lowest BCUT2D eigenvalue weighted by atomic mass is 9.99. The molecule has 2 aromatic carbocycles. The molecule has 0 spiro atoms. The second kappa shape index (κ2) is 8.73. The van der Waals surface area contributed by atoms with Gasteiger partial charge in [-0.2, -0.15) is 4.98 Å². The molecule has 10 heteroatoms. The van der Waals surface area contributed by atoms with E-state index in [0.29, 0.717) is 23.3 Å². The predicted molar refractivity (Wildman–Crippen MR) is 135 cm³/mol. The lowest BCUT2D eigenvalue weighted by molar-refractivity contribution is -0.116. The molecule has 2 amide bonds. The number of hydrogen-bond acceptors (Lipinski definition) is 7. The average molecular weight is 483 g/mol. The Kier molecular flexibility index (Phi) is 5.56. The molecule has 2 aromatic heterocycles. The molecule has 0 saturated carbocycles. The third kappa shape index (κ3) is 3.88. The first kappa shape index (κ1) is 22.9. The fourth-order valence-corrected chi connectivity index (χ4v) is 4.27. The zero-order valence-corrected chi connectivity index (χ0v) is 19.7. The summed E-state index contributed by atoms with van der Waals surface area (Å²) in [4.78, 5) is 48.1. The molecule has 0 unspecified atom stereocenters. The minimum atomic E-state index is -0.663. The van der Waals surface area contributed by atoms with Crippen molar-refractivity contribution in [3.05, 3.63) is 83.5 Å². The molecule has 36 heavy (non-hydrogen) atoms. The van der Waals surface area contributed by atoms with Crippen LogP contribution in [0, 0.1) is 6.92 Å². The summed E-state index contributed by atoms with van der Waals surface area (Å²) in [5, 5.41) is 6.50. The molecule has 0 bridgehead atoms. The van der Waals surface area contributed by atoms with Gasteiger partial charge < -0.3 is 14.7 Å². The highest BCUT2D eigenvalue weighted by Crippen LogP contribution is 2.34. The van der Waals surface area contributed by atoms with Crippen molar-refractivity contribution in [1.29, 1.82) is 0 Å². The van der Waals surface area contributed by atoms with Crippen LogP contribution in [0.25, 0.3) is 33.4 Å². The van der Waals surface area contributed by atoms with Crippen molar-refractivity contribution in [3.8, 4) is 11.1 Å². The molecule has 0 aliphatic carbocycles. The minimum absolute atomic E-state index is 0.00826. The van der Waals surface area contributed by atoms with Gasteiger partial charge in [-0.3, -0.25) is 19.0 Å². The first-order valence-electron chi connectivity index (χ1n) is 11.2. The van der Waals surface area contributed by atoms with Crippen LogP contribution in [0.15, 0.2) is 65.2 Å². The van der Waals surface area contributed by atoms with Crippen molar-refractivity contribution in [2.45, 2.75) is 20.3 Å². The van der Waals surface area contributed by atoms with Gasteiger partial charge in [0.15, 0.2) is 5.82 Å². The summed E-state index contributed by atoms with van der Waals surface area (Å²) < 4.78 is 6.07. The lowest BCUT2D eigenvalue weighted by Crippen LogP contribution is -2.30. The summed E-state index contributed by atoms with van der Waals surface area (Å²) in [6.07, 6.45) is 2.04. The van der Waals surface area contributed by atoms with Crippen LogP contribution >= 0.6 is 0 Å². The highest BCUT2D eigenvalue weighted by Gasteiger charge is 2.23. The van der Waals surface area contributed by atoms with Crippen molar-refractivity contribution in [2.75, 3.05) is 11.4 Å². The number of carbonyl (C=O) groups is 2. The molecule has 180 valence electrons. The number of carbonyl (C=O) groups excluding carboxylic acids is 2. The van der Waals surface area contributed by atoms with Crippen LogP contribution in [0.2, 0.25) is 0 Å². The second-order valence-electron chi connectivity index (χ2n) is 8.41. The number of benzene rings is 2. The number of aryl methyl sites for hydroxylation is 1. The molecule has 0 atom stereocenters. The number of nitrogens with one attached hydrogen (secondary N) is 1. The standard InChI is InChI=1S/C26H22N6O4/c1-14(25-29-16(3)30-36-25)28-24(34)15(2)32-13-27-23-20(6-5-7-21(23)26(32)35)18-8-9-22-19(12-18)10-11-31(22)17(4)33/h5-9,12-13H,1-2,10-11H2,3-4H3,(H,28,34). The molecule has 1 N–H and O–H groups in total. The van der Waals surface area contributed by atoms with Gasteiger partial charge in [0, 0.05) is 24.7 Å². The number of nitrogens with zero attached hydrogens (tertiary/aromatic N) is 5. The number of hydrogen-bond donors (Lipinski definition) is 1. The average Bonchev–Trinajstić information content (AvgIpc) is 3.49. The summed E-state index contributed by atoms with van der Waals surface area (Å²) in [5.74, 6) is -0.203. The van der Waals surface area contributed by atoms with E-state index in [9.17, 15) is 14.4 Å². The van der Waals surface area contributed by atoms with Gasteiger partial charge in [0.2, 0.25) is 5.91 Å². The Hall–Kier alpha value is -4.86. The molecule has 4 aromatic rings. The van der Waals surface area contributed by atoms with Crippen LogP contribution in [-0.4, -0.2) is 38.1 Å². The molecule has 3 heterocycles. The second-order valence-corrected chi connectivity index (χ2v) is 8.41. The number of para-hydroxylation sites is 1. The molecule has 1 aliphatic heterocycles. The van der Waals surface area contributed by atoms with Gasteiger partial charge in [-0.25, -0.2) is 4.98 Å². The number of fused-ring (bicyclic) bond motifs is 2. The highest BCUT2D eigenvalue weighted by molar-refractivity contribution is 6.15. The van der Waals surface area contributed by atoms with Gasteiger partial charge in [-0.05, 0) is 42.7 Å². The Balaban J connectivity index is 1.46. The Morgan fingerprint density at radius 2 is 1.97 bits per heavy atom. The van der Waals surface area contributed by atoms with Crippen molar-refractivity contribution >= 4 is 39.8 Å². The van der Waals surface area contributed by atoms with Crippen molar-refractivity contribution in [2.24, 2.45) is 0 Å². The molecule has 0 fully saturated rings. The summed E-state index contributed by atoms with van der Waals surface area (Å²) >= 11 is 0. The largest absolute Gasteiger partial charge is 0.332 e. The Morgan fingerprint density at radius 1 is 1.17 bits per heavy atom. The van der Waals surface area contributed by atoms with Crippen LogP contribution in [0.4, 0.5) is 5.69 Å². The van der Waals surface area contributed by atoms with Crippen LogP contribution in [0.1, 0.15) is 24.2 Å². The van der Waals surface area contributed by atoms with Gasteiger partial charge >= 0.3 is 0 Å². The fourth-order valence-electron chi connectivity index (χ4n) is 4.27. The van der Waals surface area contributed by atoms with Crippen LogP contribution in [0.3, 0.4) is 0 Å². The first-order valence-corrected chi connectivity index (χ1v) is 11.2. The van der Waals surface area contributed by atoms with Crippen molar-refractivity contribution in [1.82, 2.24) is 25.0 Å². The molecule has 1 aliphatic rings. The maximum atomic E-state index is 13.3. The fraction of sp³-hybridized carbons (Fsp3) is 0.154. The summed E-state index contributed by atoms with van der Waals surface area (Å²) in [5.41, 5.74) is 3.64. The van der Waals surface area contributed by atoms with E-state index in [2.05, 4.69) is 33.6 Å². The quantitative estimate of drug-likeness (QED) is 0.434. The molecular weight excluding hydrogens is 460 g/mol. The van der Waals surface area contributed by atoms with Crippen LogP contribution in [0.5, 0.6) is 0 Å². The van der Waals surface area contributed by atoms with E-state index in [4.69, 9.17) is 4.52 Å². The topological polar surface area (TPSA) is 123 Å². The van der Waals surface area contributed by atoms with Crippen molar-refractivity contribution in [3.63, 3.8) is 0 Å². The Morgan fingerprint density at radius 3 is 2.69 bits per heavy atom. The zero-order chi connectivity index (χ0) is 25.6. The van der Waals surface area contributed by atoms with Crippen LogP contribution < -0.4 is 15.8 Å². The maximum absolute atomic E-state index is 13.3. The summed E-state index contributed by atoms with van der Waals surface area (Å²) in [6.45, 7) is 11.3. The Labute approximate surface area is 205 Å². The third-order valence-corrected chi connectivity index (χ3v) is 6.06. The van der Waals surface area contributed by atoms with E-state index in [1.54, 1.807) is 30.9 Å². The smallest absolute Gasteiger partial charge is 0.273 e. The SMILES string of the molecule is C=C(NC(=O)C(=C)n1cnc2c(-c3ccc4c(c3)CCN4C(C)=O)cccc2c1=O)c1nc(C)no1. The number of anilines is 1. The summed E-state index contributed by atoms with van der Waals surface area (Å²) in [7, 11) is 0. The minimum Gasteiger partial charge on any atom is -0.332 e. The molecule has 5 rings (SSSR count). The van der Waals surface area contributed by atoms with Gasteiger partial charge in [0.25, 0.3) is 17.4 Å². The number of aromatic nitrogens is 4. The zero-order valence-electron chi connectivity index (χ0n) is 19.7. The summed E-state index contributed by atoms with van der Waals surface area (Å²) in [6, 6.07) is 11.2. The third-order valence-electron chi connectivity index (χ3n) is 6.06. The molecule has 0 radical (unpaired) electrons. The maximum Gasteiger partial charge on any atom is 0.273 e. The van der Waals surface area contributed by atoms with E-state index < -0.39 is 11.5 Å². The van der Waals surface area contributed by atoms with E-state index in [1.165, 1.54) is 6.33 Å². The molecule has 0 saturated heterocycles. The number of amides is 2. The normalized spacial score (nSPS) is 12.4. The monoisotopic (exact) mass is 482 g/mol. The van der Waals surface area contributed by atoms with Gasteiger partial charge in [-0.1, -0.05) is 36.5 Å².